The van der Waals surface area contributed by atoms with E-state index < -0.39 is 0 Å². The van der Waals surface area contributed by atoms with Crippen molar-refractivity contribution in [3.05, 3.63) is 18.2 Å². The van der Waals surface area contributed by atoms with Crippen molar-refractivity contribution in [2.24, 2.45) is 0 Å². The summed E-state index contributed by atoms with van der Waals surface area (Å²) >= 11 is 0. The number of carbonyl (C=O) groups is 2. The summed E-state index contributed by atoms with van der Waals surface area (Å²) in [5.74, 6) is 1.14. The molecule has 2 rings (SSSR count). The molecule has 0 radical (unpaired) electrons. The van der Waals surface area contributed by atoms with Gasteiger partial charge in [-0.15, -0.1) is 0 Å². The maximum atomic E-state index is 12.4. The summed E-state index contributed by atoms with van der Waals surface area (Å²) in [6.07, 6.45) is 0.276. The fourth-order valence-corrected chi connectivity index (χ4v) is 3.15. The Morgan fingerprint density at radius 2 is 1.93 bits per heavy atom. The highest BCUT2D eigenvalue weighted by Crippen LogP contribution is 2.33. The van der Waals surface area contributed by atoms with Crippen LogP contribution in [0.2, 0.25) is 0 Å². The van der Waals surface area contributed by atoms with Crippen molar-refractivity contribution in [1.82, 2.24) is 15.5 Å². The minimum absolute atomic E-state index is 0.0318. The van der Waals surface area contributed by atoms with Crippen molar-refractivity contribution in [3.63, 3.8) is 0 Å². The second-order valence-electron chi connectivity index (χ2n) is 6.37. The van der Waals surface area contributed by atoms with E-state index >= 15 is 0 Å². The van der Waals surface area contributed by atoms with E-state index in [1.807, 2.05) is 6.07 Å². The molecule has 0 unspecified atom stereocenters. The van der Waals surface area contributed by atoms with Gasteiger partial charge in [-0.3, -0.25) is 4.79 Å². The van der Waals surface area contributed by atoms with E-state index in [4.69, 9.17) is 9.47 Å². The summed E-state index contributed by atoms with van der Waals surface area (Å²) in [6, 6.07) is 4.88. The second-order valence-corrected chi connectivity index (χ2v) is 6.37. The first-order chi connectivity index (χ1) is 13.0. The van der Waals surface area contributed by atoms with Crippen molar-refractivity contribution >= 4 is 17.6 Å². The number of likely N-dealkylation sites (N-methyl/N-ethyl adjacent to an activating group) is 1. The number of nitrogens with zero attached hydrogens (tertiary/aromatic N) is 2. The molecule has 0 aromatic heterocycles. The van der Waals surface area contributed by atoms with Crippen LogP contribution in [-0.4, -0.2) is 69.8 Å². The number of rotatable bonds is 9. The summed E-state index contributed by atoms with van der Waals surface area (Å²) in [5.41, 5.74) is 0.726. The van der Waals surface area contributed by atoms with Crippen LogP contribution in [0.3, 0.4) is 0 Å². The van der Waals surface area contributed by atoms with Gasteiger partial charge in [0.2, 0.25) is 5.91 Å². The number of methoxy groups -OCH3 is 2. The quantitative estimate of drug-likeness (QED) is 0.680. The molecule has 1 aliphatic heterocycles. The Balaban J connectivity index is 1.89. The smallest absolute Gasteiger partial charge is 0.315 e. The first-order valence-electron chi connectivity index (χ1n) is 9.31. The number of urea groups is 1. The Hall–Kier alpha value is -2.48. The molecule has 1 fully saturated rings. The number of anilines is 1. The molecular formula is C19H30N4O4. The minimum atomic E-state index is -0.242. The van der Waals surface area contributed by atoms with Crippen LogP contribution in [0, 0.1) is 0 Å². The highest BCUT2D eigenvalue weighted by Gasteiger charge is 2.32. The zero-order chi connectivity index (χ0) is 19.8. The van der Waals surface area contributed by atoms with Crippen LogP contribution in [0.4, 0.5) is 10.5 Å². The lowest BCUT2D eigenvalue weighted by Gasteiger charge is -2.20. The average molecular weight is 378 g/mol. The van der Waals surface area contributed by atoms with E-state index in [9.17, 15) is 9.59 Å². The SMILES string of the molecule is CCN(CC)CCNC(=O)N[C@H]1CC(=O)N(c2ccc(OC)c(OC)c2)C1. The third-order valence-corrected chi connectivity index (χ3v) is 4.75. The van der Waals surface area contributed by atoms with Gasteiger partial charge in [-0.2, -0.15) is 0 Å². The molecule has 3 amide bonds. The molecule has 1 aliphatic rings. The molecule has 0 bridgehead atoms. The number of carbonyl (C=O) groups excluding carboxylic acids is 2. The molecule has 2 N–H and O–H groups in total. The normalized spacial score (nSPS) is 16.6. The standard InChI is InChI=1S/C19H30N4O4/c1-5-22(6-2)10-9-20-19(25)21-14-11-18(24)23(13-14)15-7-8-16(26-3)17(12-15)27-4/h7-8,12,14H,5-6,9-11,13H2,1-4H3,(H2,20,21,25)/t14-/m0/s1. The van der Waals surface area contributed by atoms with E-state index in [1.165, 1.54) is 0 Å². The van der Waals surface area contributed by atoms with Gasteiger partial charge in [-0.1, -0.05) is 13.8 Å². The van der Waals surface area contributed by atoms with E-state index in [0.717, 1.165) is 25.3 Å². The lowest BCUT2D eigenvalue weighted by Crippen LogP contribution is -2.45. The summed E-state index contributed by atoms with van der Waals surface area (Å²) in [4.78, 5) is 28.4. The monoisotopic (exact) mass is 378 g/mol. The molecule has 0 spiro atoms. The zero-order valence-corrected chi connectivity index (χ0v) is 16.6. The Kier molecular flexibility index (Phi) is 7.72. The lowest BCUT2D eigenvalue weighted by molar-refractivity contribution is -0.117. The van der Waals surface area contributed by atoms with Gasteiger partial charge in [0.25, 0.3) is 0 Å². The van der Waals surface area contributed by atoms with Crippen LogP contribution >= 0.6 is 0 Å². The molecule has 0 saturated carbocycles. The number of benzene rings is 1. The molecule has 1 heterocycles. The van der Waals surface area contributed by atoms with Crippen LogP contribution in [0.25, 0.3) is 0 Å². The maximum Gasteiger partial charge on any atom is 0.315 e. The van der Waals surface area contributed by atoms with Crippen molar-refractivity contribution in [2.75, 3.05) is 51.8 Å². The summed E-state index contributed by atoms with van der Waals surface area (Å²) in [6.45, 7) is 7.91. The number of amides is 3. The Morgan fingerprint density at radius 1 is 1.22 bits per heavy atom. The van der Waals surface area contributed by atoms with Gasteiger partial charge in [0.15, 0.2) is 11.5 Å². The molecule has 1 aromatic carbocycles. The van der Waals surface area contributed by atoms with Crippen molar-refractivity contribution < 1.29 is 19.1 Å². The molecule has 1 aromatic rings. The van der Waals surface area contributed by atoms with Crippen molar-refractivity contribution in [1.29, 1.82) is 0 Å². The van der Waals surface area contributed by atoms with Crippen molar-refractivity contribution in [3.8, 4) is 11.5 Å². The summed E-state index contributed by atoms with van der Waals surface area (Å²) in [7, 11) is 3.12. The van der Waals surface area contributed by atoms with Crippen LogP contribution in [0.1, 0.15) is 20.3 Å². The maximum absolute atomic E-state index is 12.4. The number of hydrogen-bond acceptors (Lipinski definition) is 5. The third kappa shape index (κ3) is 5.50. The predicted octanol–water partition coefficient (Wildman–Crippen LogP) is 1.45. The van der Waals surface area contributed by atoms with Gasteiger partial charge in [0, 0.05) is 37.8 Å². The zero-order valence-electron chi connectivity index (χ0n) is 16.6. The third-order valence-electron chi connectivity index (χ3n) is 4.75. The highest BCUT2D eigenvalue weighted by atomic mass is 16.5. The lowest BCUT2D eigenvalue weighted by atomic mass is 10.2. The molecule has 27 heavy (non-hydrogen) atoms. The van der Waals surface area contributed by atoms with Crippen LogP contribution in [-0.2, 0) is 4.79 Å². The average Bonchev–Trinajstić information content (AvgIpc) is 3.04. The molecule has 1 atom stereocenters. The molecule has 0 aliphatic carbocycles. The fourth-order valence-electron chi connectivity index (χ4n) is 3.15. The summed E-state index contributed by atoms with van der Waals surface area (Å²) < 4.78 is 10.5. The Labute approximate surface area is 160 Å². The molecule has 150 valence electrons. The molecular weight excluding hydrogens is 348 g/mol. The van der Waals surface area contributed by atoms with Crippen LogP contribution in [0.5, 0.6) is 11.5 Å². The largest absolute Gasteiger partial charge is 0.493 e. The fraction of sp³-hybridized carbons (Fsp3) is 0.579. The van der Waals surface area contributed by atoms with E-state index in [2.05, 4.69) is 29.4 Å². The summed E-state index contributed by atoms with van der Waals surface area (Å²) in [5, 5.41) is 5.74. The van der Waals surface area contributed by atoms with E-state index in [-0.39, 0.29) is 24.4 Å². The molecule has 8 nitrogen and oxygen atoms in total. The molecule has 1 saturated heterocycles. The van der Waals surface area contributed by atoms with Gasteiger partial charge >= 0.3 is 6.03 Å². The van der Waals surface area contributed by atoms with E-state index in [1.54, 1.807) is 31.3 Å². The van der Waals surface area contributed by atoms with Gasteiger partial charge in [-0.05, 0) is 25.2 Å². The topological polar surface area (TPSA) is 83.1 Å². The first-order valence-corrected chi connectivity index (χ1v) is 9.31. The van der Waals surface area contributed by atoms with Gasteiger partial charge < -0.3 is 29.9 Å². The number of ether oxygens (including phenoxy) is 2. The van der Waals surface area contributed by atoms with Gasteiger partial charge in [0.1, 0.15) is 0 Å². The van der Waals surface area contributed by atoms with Crippen LogP contribution in [0.15, 0.2) is 18.2 Å². The van der Waals surface area contributed by atoms with Crippen LogP contribution < -0.4 is 25.0 Å². The van der Waals surface area contributed by atoms with Gasteiger partial charge in [0.05, 0.1) is 20.3 Å². The minimum Gasteiger partial charge on any atom is -0.493 e. The Bertz CT molecular complexity index is 649. The number of hydrogen-bond donors (Lipinski definition) is 2. The Morgan fingerprint density at radius 3 is 2.56 bits per heavy atom. The predicted molar refractivity (Wildman–Crippen MR) is 105 cm³/mol. The van der Waals surface area contributed by atoms with E-state index in [0.29, 0.717) is 24.6 Å². The highest BCUT2D eigenvalue weighted by molar-refractivity contribution is 5.97. The molecule has 8 heteroatoms. The van der Waals surface area contributed by atoms with Gasteiger partial charge in [-0.25, -0.2) is 4.79 Å². The first kappa shape index (κ1) is 20.8. The second kappa shape index (κ2) is 10.0. The van der Waals surface area contributed by atoms with Crippen molar-refractivity contribution in [2.45, 2.75) is 26.3 Å². The number of nitrogens with one attached hydrogen (secondary N) is 2.